The molecule has 1 aliphatic heterocycles. The Morgan fingerprint density at radius 1 is 0.892 bits per heavy atom. The lowest BCUT2D eigenvalue weighted by Gasteiger charge is -2.44. The zero-order valence-corrected chi connectivity index (χ0v) is 38.0. The first kappa shape index (κ1) is 45.5. The molecule has 8 rings (SSSR count). The Labute approximate surface area is 377 Å². The molecule has 16 heteroatoms. The molecule has 2 fully saturated rings. The van der Waals surface area contributed by atoms with Crippen molar-refractivity contribution < 1.29 is 37.1 Å². The Morgan fingerprint density at radius 3 is 1.97 bits per heavy atom. The van der Waals surface area contributed by atoms with Crippen LogP contribution in [0.3, 0.4) is 0 Å². The third kappa shape index (κ3) is 7.86. The molecule has 1 spiro atoms. The molecule has 1 amide bonds. The number of nitrogens with zero attached hydrogens (tertiary/aromatic N) is 6. The van der Waals surface area contributed by atoms with Crippen molar-refractivity contribution >= 4 is 30.2 Å². The van der Waals surface area contributed by atoms with Crippen molar-refractivity contribution in [2.45, 2.75) is 81.8 Å². The number of methoxy groups -OCH3 is 2. The van der Waals surface area contributed by atoms with E-state index in [2.05, 4.69) is 26.3 Å². The molecule has 3 heterocycles. The highest BCUT2D eigenvalue weighted by molar-refractivity contribution is 7.62. The van der Waals surface area contributed by atoms with Crippen LogP contribution in [0.2, 0.25) is 0 Å². The fourth-order valence-electron chi connectivity index (χ4n) is 9.64. The molecule has 65 heavy (non-hydrogen) atoms. The van der Waals surface area contributed by atoms with Gasteiger partial charge in [0, 0.05) is 36.3 Å². The van der Waals surface area contributed by atoms with Crippen molar-refractivity contribution in [1.29, 1.82) is 5.26 Å². The number of carbonyl (C=O) groups excluding carboxylic acids is 1. The first-order valence-corrected chi connectivity index (χ1v) is 23.4. The Morgan fingerprint density at radius 2 is 1.45 bits per heavy atom. The summed E-state index contributed by atoms with van der Waals surface area (Å²) in [6.07, 6.45) is -0.574. The number of hydrogen-bond donors (Lipinski definition) is 1. The molecule has 4 atom stereocenters. The average Bonchev–Trinajstić information content (AvgIpc) is 3.54. The van der Waals surface area contributed by atoms with Crippen molar-refractivity contribution in [3.63, 3.8) is 0 Å². The van der Waals surface area contributed by atoms with Gasteiger partial charge in [0.25, 0.3) is 11.8 Å². The number of halogens is 2. The lowest BCUT2D eigenvalue weighted by Crippen LogP contribution is -2.49. The van der Waals surface area contributed by atoms with Gasteiger partial charge in [0.1, 0.15) is 23.4 Å². The number of rotatable bonds is 17. The molecule has 13 nitrogen and oxygen atoms in total. The normalized spacial score (nSPS) is 20.4. The van der Waals surface area contributed by atoms with E-state index < -0.39 is 66.3 Å². The summed E-state index contributed by atoms with van der Waals surface area (Å²) in [5.74, 6) is -2.42. The van der Waals surface area contributed by atoms with E-state index in [1.165, 1.54) is 12.7 Å². The van der Waals surface area contributed by atoms with E-state index >= 15 is 13.3 Å². The van der Waals surface area contributed by atoms with Gasteiger partial charge in [-0.1, -0.05) is 100 Å². The highest BCUT2D eigenvalue weighted by atomic mass is 31.2. The second kappa shape index (κ2) is 18.1. The van der Waals surface area contributed by atoms with Gasteiger partial charge < -0.3 is 28.8 Å². The highest BCUT2D eigenvalue weighted by Gasteiger charge is 2.84. The van der Waals surface area contributed by atoms with E-state index in [0.29, 0.717) is 28.2 Å². The van der Waals surface area contributed by atoms with Crippen LogP contribution in [0.25, 0.3) is 11.2 Å². The van der Waals surface area contributed by atoms with Crippen LogP contribution in [0.15, 0.2) is 122 Å². The van der Waals surface area contributed by atoms with Gasteiger partial charge in [-0.25, -0.2) is 28.4 Å². The summed E-state index contributed by atoms with van der Waals surface area (Å²) in [7, 11) is -0.413. The summed E-state index contributed by atoms with van der Waals surface area (Å²) in [5.41, 5.74) is -1.40. The van der Waals surface area contributed by atoms with Crippen LogP contribution in [0.4, 0.5) is 14.6 Å². The summed E-state index contributed by atoms with van der Waals surface area (Å²) < 4.78 is 78.3. The largest absolute Gasteiger partial charge is 0.497 e. The fourth-order valence-corrected chi connectivity index (χ4v) is 13.1. The van der Waals surface area contributed by atoms with Gasteiger partial charge in [0.05, 0.1) is 50.8 Å². The van der Waals surface area contributed by atoms with Gasteiger partial charge in [-0.3, -0.25) is 9.36 Å². The lowest BCUT2D eigenvalue weighted by molar-refractivity contribution is -0.0963. The number of carbonyl (C=O) groups is 1. The summed E-state index contributed by atoms with van der Waals surface area (Å²) in [4.78, 5) is 26.8. The van der Waals surface area contributed by atoms with Crippen molar-refractivity contribution in [3.8, 4) is 17.6 Å². The van der Waals surface area contributed by atoms with E-state index in [1.54, 1.807) is 53.8 Å². The molecule has 1 saturated heterocycles. The molecule has 338 valence electrons. The Bertz CT molecular complexity index is 2660. The molecule has 0 radical (unpaired) electrons. The number of anilines is 1. The second-order valence-corrected chi connectivity index (χ2v) is 20.9. The van der Waals surface area contributed by atoms with Crippen LogP contribution < -0.4 is 14.8 Å². The predicted octanol–water partition coefficient (Wildman–Crippen LogP) is 9.71. The highest BCUT2D eigenvalue weighted by Crippen LogP contribution is 2.75. The Kier molecular flexibility index (Phi) is 12.7. The summed E-state index contributed by atoms with van der Waals surface area (Å²) in [6.45, 7) is 6.87. The number of imidazole rings is 1. The SMILES string of the molecule is COc1ccc(C(OC[C@H]2O[C@@H](n3cnc4c(NC(=O)c5ccccc5)ncnc43)[C@H](N(CCC#N)P(=O)(C(C)C)C(C)C)[C@]23CC3(F)F)(c2ccccc2)c2ccc(OC)cc2)cc1. The first-order valence-electron chi connectivity index (χ1n) is 21.6. The molecular formula is C49H52F2N7O6P. The number of nitriles is 1. The van der Waals surface area contributed by atoms with Crippen molar-refractivity contribution in [2.75, 3.05) is 32.7 Å². The third-order valence-electron chi connectivity index (χ3n) is 12.9. The van der Waals surface area contributed by atoms with Crippen LogP contribution >= 0.6 is 7.29 Å². The van der Waals surface area contributed by atoms with Crippen LogP contribution in [0.1, 0.15) is 73.8 Å². The number of aromatic nitrogens is 4. The smallest absolute Gasteiger partial charge is 0.259 e. The number of alkyl halides is 2. The maximum Gasteiger partial charge on any atom is 0.259 e. The van der Waals surface area contributed by atoms with Crippen LogP contribution in [0, 0.1) is 16.7 Å². The quantitative estimate of drug-likeness (QED) is 0.0688. The average molecular weight is 904 g/mol. The van der Waals surface area contributed by atoms with Crippen LogP contribution in [-0.2, 0) is 19.6 Å². The number of nitrogens with one attached hydrogen (secondary N) is 1. The molecule has 1 N–H and O–H groups in total. The van der Waals surface area contributed by atoms with E-state index in [1.807, 2.05) is 107 Å². The molecular weight excluding hydrogens is 852 g/mol. The minimum atomic E-state index is -3.57. The van der Waals surface area contributed by atoms with Crippen LogP contribution in [-0.4, -0.2) is 86.9 Å². The van der Waals surface area contributed by atoms with E-state index in [0.717, 1.165) is 5.56 Å². The van der Waals surface area contributed by atoms with Crippen molar-refractivity contribution in [1.82, 2.24) is 24.2 Å². The summed E-state index contributed by atoms with van der Waals surface area (Å²) in [5, 5.41) is 12.8. The number of hydrogen-bond acceptors (Lipinski definition) is 10. The zero-order valence-electron chi connectivity index (χ0n) is 37.1. The maximum atomic E-state index is 17.1. The topological polar surface area (TPSA) is 154 Å². The van der Waals surface area contributed by atoms with Gasteiger partial charge in [-0.05, 0) is 53.1 Å². The zero-order chi connectivity index (χ0) is 46.1. The predicted molar refractivity (Wildman–Crippen MR) is 242 cm³/mol. The third-order valence-corrected chi connectivity index (χ3v) is 17.1. The Balaban J connectivity index is 1.30. The minimum Gasteiger partial charge on any atom is -0.497 e. The molecule has 2 aromatic heterocycles. The molecule has 0 unspecified atom stereocenters. The van der Waals surface area contributed by atoms with Crippen molar-refractivity contribution in [2.24, 2.45) is 5.41 Å². The second-order valence-electron chi connectivity index (χ2n) is 17.0. The minimum absolute atomic E-state index is 0.0638. The summed E-state index contributed by atoms with van der Waals surface area (Å²) >= 11 is 0. The van der Waals surface area contributed by atoms with E-state index in [9.17, 15) is 10.1 Å². The fraction of sp³-hybridized carbons (Fsp3) is 0.367. The van der Waals surface area contributed by atoms with Crippen molar-refractivity contribution in [3.05, 3.63) is 144 Å². The van der Waals surface area contributed by atoms with E-state index in [4.69, 9.17) is 18.9 Å². The number of benzene rings is 4. The van der Waals surface area contributed by atoms with Crippen LogP contribution in [0.5, 0.6) is 11.5 Å². The number of fused-ring (bicyclic) bond motifs is 1. The van der Waals surface area contributed by atoms with Gasteiger partial charge in [0.2, 0.25) is 0 Å². The van der Waals surface area contributed by atoms with Gasteiger partial charge in [-0.15, -0.1) is 0 Å². The molecule has 4 aromatic carbocycles. The lowest BCUT2D eigenvalue weighted by atomic mass is 9.79. The van der Waals surface area contributed by atoms with Gasteiger partial charge in [0.15, 0.2) is 30.5 Å². The summed E-state index contributed by atoms with van der Waals surface area (Å²) in [6, 6.07) is 33.8. The molecule has 2 aliphatic rings. The van der Waals surface area contributed by atoms with Gasteiger partial charge >= 0.3 is 0 Å². The van der Waals surface area contributed by atoms with Gasteiger partial charge in [-0.2, -0.15) is 5.26 Å². The van der Waals surface area contributed by atoms with E-state index in [-0.39, 0.29) is 36.6 Å². The number of amides is 1. The number of ether oxygens (including phenoxy) is 4. The standard InChI is InChI=1S/C49H52F2N7O6P/c1-32(2)65(60,33(3)4)58(27-13-26-52)42-46(57-31-55-41-43(53-30-54-44(41)57)56-45(59)34-14-9-7-10-15-34)64-40(47(42)29-48(47,50)51)28-63-49(35-16-11-8-12-17-35,36-18-22-38(61-5)23-19-36)37-20-24-39(62-6)25-21-37/h7-12,14-25,30-33,40,42,46H,13,27-29H2,1-6H3,(H,53,54,56,59)/t40-,42+,46-,47+/m1/s1. The maximum absolute atomic E-state index is 17.1. The molecule has 6 aromatic rings. The molecule has 0 bridgehead atoms. The molecule has 1 aliphatic carbocycles. The monoisotopic (exact) mass is 903 g/mol. The Hall–Kier alpha value is -6.04. The molecule has 1 saturated carbocycles. The first-order chi connectivity index (χ1) is 31.3.